The van der Waals surface area contributed by atoms with Crippen LogP contribution in [0.1, 0.15) is 49.4 Å². The lowest BCUT2D eigenvalue weighted by atomic mass is 9.98. The molecule has 0 saturated heterocycles. The second-order valence-electron chi connectivity index (χ2n) is 13.1. The molecule has 1 heterocycles. The van der Waals surface area contributed by atoms with Gasteiger partial charge in [-0.1, -0.05) is 97.1 Å². The number of fused-ring (bicyclic) bond motifs is 1. The van der Waals surface area contributed by atoms with Crippen LogP contribution in [0.15, 0.2) is 103 Å². The van der Waals surface area contributed by atoms with Crippen LogP contribution in [-0.4, -0.2) is 54.6 Å². The standard InChI is InChI=1S/C41H45N5O7/c1-4-52-36(47)25-43-39(50)42-24-32-15-8-10-16-33(32)30-20-18-28(19-21-30)26-46-35-17-11-9-14-31(35)22-23-34(37(46)48)44-38(49)41(2,3)45-40(51)53-27-29-12-6-5-7-13-29/h5-21,34H,4,22-27H2,1-3H3,(H,44,49)(H,45,51)(H2,42,43,50)/t34-/m1/s1. The number of nitrogens with zero attached hydrogens (tertiary/aromatic N) is 1. The highest BCUT2D eigenvalue weighted by Crippen LogP contribution is 2.30. The Hall–Kier alpha value is -6.17. The second-order valence-corrected chi connectivity index (χ2v) is 13.1. The summed E-state index contributed by atoms with van der Waals surface area (Å²) in [6.45, 7) is 5.41. The number of aryl methyl sites for hydroxylation is 1. The first-order valence-electron chi connectivity index (χ1n) is 17.6. The van der Waals surface area contributed by atoms with E-state index in [0.29, 0.717) is 12.8 Å². The van der Waals surface area contributed by atoms with Crippen molar-refractivity contribution in [3.05, 3.63) is 125 Å². The highest BCUT2D eigenvalue weighted by Gasteiger charge is 2.36. The summed E-state index contributed by atoms with van der Waals surface area (Å²) >= 11 is 0. The Labute approximate surface area is 309 Å². The number of nitrogens with one attached hydrogen (secondary N) is 4. The molecule has 53 heavy (non-hydrogen) atoms. The molecular weight excluding hydrogens is 674 g/mol. The van der Waals surface area contributed by atoms with E-state index in [4.69, 9.17) is 9.47 Å². The molecule has 4 aromatic carbocycles. The van der Waals surface area contributed by atoms with Crippen molar-refractivity contribution in [1.29, 1.82) is 0 Å². The van der Waals surface area contributed by atoms with Crippen LogP contribution in [0.2, 0.25) is 0 Å². The first kappa shape index (κ1) is 38.1. The largest absolute Gasteiger partial charge is 0.465 e. The van der Waals surface area contributed by atoms with Gasteiger partial charge < -0.3 is 35.6 Å². The molecule has 0 aromatic heterocycles. The third kappa shape index (κ3) is 10.4. The van der Waals surface area contributed by atoms with Gasteiger partial charge in [0.2, 0.25) is 11.8 Å². The summed E-state index contributed by atoms with van der Waals surface area (Å²) in [4.78, 5) is 65.8. The van der Waals surface area contributed by atoms with Gasteiger partial charge in [0.15, 0.2) is 0 Å². The number of carbonyl (C=O) groups is 5. The van der Waals surface area contributed by atoms with Crippen LogP contribution in [0, 0.1) is 0 Å². The van der Waals surface area contributed by atoms with Crippen molar-refractivity contribution in [1.82, 2.24) is 21.3 Å². The van der Waals surface area contributed by atoms with E-state index in [2.05, 4.69) is 21.3 Å². The van der Waals surface area contributed by atoms with Crippen molar-refractivity contribution in [2.24, 2.45) is 0 Å². The second kappa shape index (κ2) is 17.9. The maximum Gasteiger partial charge on any atom is 0.408 e. The lowest BCUT2D eigenvalue weighted by Gasteiger charge is -2.30. The van der Waals surface area contributed by atoms with Gasteiger partial charge in [0.05, 0.1) is 13.2 Å². The monoisotopic (exact) mass is 719 g/mol. The molecule has 0 radical (unpaired) electrons. The fourth-order valence-electron chi connectivity index (χ4n) is 5.95. The van der Waals surface area contributed by atoms with Gasteiger partial charge in [0.25, 0.3) is 0 Å². The molecular formula is C41H45N5O7. The molecule has 12 heteroatoms. The third-order valence-electron chi connectivity index (χ3n) is 8.81. The van der Waals surface area contributed by atoms with Crippen molar-refractivity contribution in [3.63, 3.8) is 0 Å². The third-order valence-corrected chi connectivity index (χ3v) is 8.81. The van der Waals surface area contributed by atoms with Crippen LogP contribution in [0.3, 0.4) is 0 Å². The van der Waals surface area contributed by atoms with Gasteiger partial charge in [-0.3, -0.25) is 14.4 Å². The summed E-state index contributed by atoms with van der Waals surface area (Å²) in [7, 11) is 0. The molecule has 0 spiro atoms. The van der Waals surface area contributed by atoms with E-state index < -0.39 is 35.6 Å². The number of carbonyl (C=O) groups excluding carboxylic acids is 5. The van der Waals surface area contributed by atoms with Crippen molar-refractivity contribution in [3.8, 4) is 11.1 Å². The first-order chi connectivity index (χ1) is 25.5. The number of anilines is 1. The smallest absolute Gasteiger partial charge is 0.408 e. The van der Waals surface area contributed by atoms with Crippen molar-refractivity contribution < 1.29 is 33.4 Å². The molecule has 4 N–H and O–H groups in total. The molecule has 1 atom stereocenters. The number of amides is 5. The highest BCUT2D eigenvalue weighted by atomic mass is 16.5. The summed E-state index contributed by atoms with van der Waals surface area (Å²) in [6, 6.07) is 31.1. The quantitative estimate of drug-likeness (QED) is 0.135. The van der Waals surface area contributed by atoms with Gasteiger partial charge in [-0.2, -0.15) is 0 Å². The van der Waals surface area contributed by atoms with Crippen LogP contribution in [-0.2, 0) is 50.0 Å². The van der Waals surface area contributed by atoms with E-state index in [1.54, 1.807) is 25.7 Å². The summed E-state index contributed by atoms with van der Waals surface area (Å²) in [5.74, 6) is -1.27. The molecule has 4 aromatic rings. The Kier molecular flexibility index (Phi) is 12.8. The number of rotatable bonds is 13. The number of hydrogen-bond acceptors (Lipinski definition) is 7. The normalized spacial score (nSPS) is 13.9. The van der Waals surface area contributed by atoms with E-state index in [9.17, 15) is 24.0 Å². The molecule has 0 bridgehead atoms. The molecule has 0 saturated carbocycles. The first-order valence-corrected chi connectivity index (χ1v) is 17.6. The van der Waals surface area contributed by atoms with E-state index in [1.807, 2.05) is 103 Å². The molecule has 1 aliphatic rings. The van der Waals surface area contributed by atoms with E-state index >= 15 is 0 Å². The number of esters is 1. The predicted octanol–water partition coefficient (Wildman–Crippen LogP) is 5.39. The van der Waals surface area contributed by atoms with E-state index in [-0.39, 0.29) is 38.8 Å². The molecule has 0 aliphatic carbocycles. The Balaban J connectivity index is 1.25. The molecule has 1 aliphatic heterocycles. The number of alkyl carbamates (subject to hydrolysis) is 1. The molecule has 5 rings (SSSR count). The average molecular weight is 720 g/mol. The van der Waals surface area contributed by atoms with Gasteiger partial charge in [0.1, 0.15) is 24.7 Å². The Morgan fingerprint density at radius 3 is 2.26 bits per heavy atom. The topological polar surface area (TPSA) is 155 Å². The Morgan fingerprint density at radius 1 is 0.811 bits per heavy atom. The number of urea groups is 1. The van der Waals surface area contributed by atoms with E-state index in [0.717, 1.165) is 39.1 Å². The fourth-order valence-corrected chi connectivity index (χ4v) is 5.95. The summed E-state index contributed by atoms with van der Waals surface area (Å²) < 4.78 is 10.2. The van der Waals surface area contributed by atoms with Crippen molar-refractivity contribution in [2.45, 2.75) is 64.9 Å². The Bertz CT molecular complexity index is 1910. The fraction of sp³-hybridized carbons (Fsp3) is 0.293. The lowest BCUT2D eigenvalue weighted by Crippen LogP contribution is -2.59. The SMILES string of the molecule is CCOC(=O)CNC(=O)NCc1ccccc1-c1ccc(CN2C(=O)[C@H](NC(=O)C(C)(C)NC(=O)OCc3ccccc3)CCc3ccccc32)cc1. The molecule has 5 amide bonds. The van der Waals surface area contributed by atoms with Crippen molar-refractivity contribution >= 4 is 35.6 Å². The van der Waals surface area contributed by atoms with Crippen molar-refractivity contribution in [2.75, 3.05) is 18.1 Å². The zero-order valence-electron chi connectivity index (χ0n) is 30.1. The minimum atomic E-state index is -1.36. The van der Waals surface area contributed by atoms with Crippen LogP contribution in [0.5, 0.6) is 0 Å². The summed E-state index contributed by atoms with van der Waals surface area (Å²) in [5, 5.41) is 10.8. The molecule has 0 fully saturated rings. The van der Waals surface area contributed by atoms with Gasteiger partial charge in [-0.05, 0) is 73.1 Å². The zero-order chi connectivity index (χ0) is 37.8. The highest BCUT2D eigenvalue weighted by molar-refractivity contribution is 6.01. The molecule has 12 nitrogen and oxygen atoms in total. The van der Waals surface area contributed by atoms with Gasteiger partial charge in [-0.25, -0.2) is 9.59 Å². The van der Waals surface area contributed by atoms with Crippen LogP contribution in [0.25, 0.3) is 11.1 Å². The summed E-state index contributed by atoms with van der Waals surface area (Å²) in [5.41, 5.74) is 4.82. The minimum absolute atomic E-state index is 0.0575. The maximum absolute atomic E-state index is 14.2. The van der Waals surface area contributed by atoms with Gasteiger partial charge in [-0.15, -0.1) is 0 Å². The van der Waals surface area contributed by atoms with E-state index in [1.165, 1.54) is 0 Å². The number of hydrogen-bond donors (Lipinski definition) is 4. The average Bonchev–Trinajstić information content (AvgIpc) is 3.28. The number of para-hydroxylation sites is 1. The lowest BCUT2D eigenvalue weighted by molar-refractivity contribution is -0.141. The van der Waals surface area contributed by atoms with Gasteiger partial charge >= 0.3 is 18.1 Å². The minimum Gasteiger partial charge on any atom is -0.465 e. The molecule has 276 valence electrons. The molecule has 0 unspecified atom stereocenters. The van der Waals surface area contributed by atoms with Gasteiger partial charge in [0, 0.05) is 12.2 Å². The zero-order valence-corrected chi connectivity index (χ0v) is 30.1. The Morgan fingerprint density at radius 2 is 1.51 bits per heavy atom. The number of benzene rings is 4. The van der Waals surface area contributed by atoms with Crippen LogP contribution >= 0.6 is 0 Å². The predicted molar refractivity (Wildman–Crippen MR) is 200 cm³/mol. The number of ether oxygens (including phenoxy) is 2. The van der Waals surface area contributed by atoms with Crippen LogP contribution in [0.4, 0.5) is 15.3 Å². The van der Waals surface area contributed by atoms with Crippen LogP contribution < -0.4 is 26.2 Å². The summed E-state index contributed by atoms with van der Waals surface area (Å²) in [6.07, 6.45) is 0.215. The maximum atomic E-state index is 14.2.